The summed E-state index contributed by atoms with van der Waals surface area (Å²) in [4.78, 5) is 25.9. The van der Waals surface area contributed by atoms with Crippen molar-refractivity contribution in [3.8, 4) is 11.3 Å². The van der Waals surface area contributed by atoms with Crippen LogP contribution in [0.5, 0.6) is 0 Å². The summed E-state index contributed by atoms with van der Waals surface area (Å²) >= 11 is 13.6. The highest BCUT2D eigenvalue weighted by atomic mass is 35.5. The van der Waals surface area contributed by atoms with E-state index < -0.39 is 11.8 Å². The number of benzene rings is 1. The molecule has 1 aliphatic carbocycles. The maximum absolute atomic E-state index is 12.8. The Morgan fingerprint density at radius 2 is 2.03 bits per heavy atom. The molecule has 1 atom stereocenters. The third-order valence-corrected chi connectivity index (χ3v) is 6.74. The van der Waals surface area contributed by atoms with Crippen molar-refractivity contribution in [2.24, 2.45) is 11.7 Å². The van der Waals surface area contributed by atoms with Gasteiger partial charge in [0.15, 0.2) is 5.76 Å². The molecule has 5 nitrogen and oxygen atoms in total. The van der Waals surface area contributed by atoms with E-state index in [0.29, 0.717) is 37.9 Å². The van der Waals surface area contributed by atoms with Crippen LogP contribution in [0.15, 0.2) is 34.7 Å². The molecule has 29 heavy (non-hydrogen) atoms. The third-order valence-electron chi connectivity index (χ3n) is 5.01. The Balaban J connectivity index is 1.62. The molecule has 1 aliphatic rings. The summed E-state index contributed by atoms with van der Waals surface area (Å²) < 4.78 is 5.69. The SMILES string of the molecule is C[C@@H]1CCc2c(sc(NC(=O)c3ccc(-c4cc(Cl)ccc4Cl)o3)c2C(N)=O)C1. The molecular formula is C21H18Cl2N2O3S. The number of nitrogens with one attached hydrogen (secondary N) is 1. The Labute approximate surface area is 181 Å². The number of carbonyl (C=O) groups is 2. The van der Waals surface area contributed by atoms with E-state index in [1.165, 1.54) is 11.3 Å². The molecule has 0 saturated carbocycles. The van der Waals surface area contributed by atoms with Gasteiger partial charge in [0.25, 0.3) is 11.8 Å². The van der Waals surface area contributed by atoms with Crippen LogP contribution in [0, 0.1) is 5.92 Å². The number of hydrogen-bond acceptors (Lipinski definition) is 4. The monoisotopic (exact) mass is 448 g/mol. The number of fused-ring (bicyclic) bond motifs is 1. The van der Waals surface area contributed by atoms with Crippen LogP contribution >= 0.6 is 34.5 Å². The van der Waals surface area contributed by atoms with Gasteiger partial charge in [-0.15, -0.1) is 11.3 Å². The van der Waals surface area contributed by atoms with E-state index in [2.05, 4.69) is 12.2 Å². The summed E-state index contributed by atoms with van der Waals surface area (Å²) in [6.07, 6.45) is 2.67. The van der Waals surface area contributed by atoms with Gasteiger partial charge in [-0.25, -0.2) is 0 Å². The maximum Gasteiger partial charge on any atom is 0.292 e. The van der Waals surface area contributed by atoms with Crippen LogP contribution < -0.4 is 11.1 Å². The second-order valence-electron chi connectivity index (χ2n) is 7.16. The van der Waals surface area contributed by atoms with E-state index in [1.54, 1.807) is 30.3 Å². The van der Waals surface area contributed by atoms with Gasteiger partial charge in [-0.05, 0) is 61.1 Å². The number of carbonyl (C=O) groups excluding carboxylic acids is 2. The molecule has 0 radical (unpaired) electrons. The molecule has 0 fully saturated rings. The zero-order valence-corrected chi connectivity index (χ0v) is 17.9. The number of primary amides is 1. The van der Waals surface area contributed by atoms with E-state index >= 15 is 0 Å². The van der Waals surface area contributed by atoms with Crippen LogP contribution in [0.4, 0.5) is 5.00 Å². The van der Waals surface area contributed by atoms with Gasteiger partial charge in [-0.1, -0.05) is 30.1 Å². The number of hydrogen-bond donors (Lipinski definition) is 2. The maximum atomic E-state index is 12.8. The standard InChI is InChI=1S/C21H18Cl2N2O3S/c1-10-2-4-12-17(8-10)29-21(18(12)19(24)26)25-20(27)16-7-6-15(28-16)13-9-11(22)3-5-14(13)23/h3,5-7,9-10H,2,4,8H2,1H3,(H2,24,26)(H,25,27)/t10-/m1/s1. The Morgan fingerprint density at radius 3 is 2.79 bits per heavy atom. The van der Waals surface area contributed by atoms with Gasteiger partial charge in [-0.2, -0.15) is 0 Å². The summed E-state index contributed by atoms with van der Waals surface area (Å²) in [5.74, 6) is 0.0884. The van der Waals surface area contributed by atoms with Gasteiger partial charge in [-0.3, -0.25) is 9.59 Å². The Morgan fingerprint density at radius 1 is 1.24 bits per heavy atom. The quantitative estimate of drug-likeness (QED) is 0.529. The Kier molecular flexibility index (Phi) is 5.42. The molecule has 4 rings (SSSR count). The van der Waals surface area contributed by atoms with Gasteiger partial charge < -0.3 is 15.5 Å². The Hall–Kier alpha value is -2.28. The zero-order chi connectivity index (χ0) is 20.7. The molecule has 150 valence electrons. The predicted octanol–water partition coefficient (Wildman–Crippen LogP) is 5.79. The minimum Gasteiger partial charge on any atom is -0.451 e. The van der Waals surface area contributed by atoms with Gasteiger partial charge in [0, 0.05) is 15.5 Å². The van der Waals surface area contributed by atoms with Gasteiger partial charge in [0.05, 0.1) is 10.6 Å². The second kappa shape index (κ2) is 7.86. The van der Waals surface area contributed by atoms with Crippen molar-refractivity contribution in [3.05, 3.63) is 62.1 Å². The van der Waals surface area contributed by atoms with Crippen molar-refractivity contribution in [2.45, 2.75) is 26.2 Å². The fourth-order valence-electron chi connectivity index (χ4n) is 3.56. The molecule has 2 heterocycles. The molecule has 2 amide bonds. The molecule has 0 spiro atoms. The van der Waals surface area contributed by atoms with Crippen LogP contribution in [0.2, 0.25) is 10.0 Å². The lowest BCUT2D eigenvalue weighted by molar-refractivity contribution is 0.0997. The van der Waals surface area contributed by atoms with Crippen molar-refractivity contribution in [1.82, 2.24) is 0 Å². The zero-order valence-electron chi connectivity index (χ0n) is 15.6. The minimum absolute atomic E-state index is 0.103. The summed E-state index contributed by atoms with van der Waals surface area (Å²) in [5, 5.41) is 4.24. The predicted molar refractivity (Wildman–Crippen MR) is 116 cm³/mol. The average Bonchev–Trinajstić information content (AvgIpc) is 3.28. The molecule has 8 heteroatoms. The molecule has 3 N–H and O–H groups in total. The molecule has 3 aromatic rings. The summed E-state index contributed by atoms with van der Waals surface area (Å²) in [7, 11) is 0. The fraction of sp³-hybridized carbons (Fsp3) is 0.238. The van der Waals surface area contributed by atoms with E-state index in [1.807, 2.05) is 0 Å². The van der Waals surface area contributed by atoms with Crippen LogP contribution in [0.1, 0.15) is 44.7 Å². The molecule has 2 aromatic heterocycles. The number of halogens is 2. The van der Waals surface area contributed by atoms with Crippen LogP contribution in [0.3, 0.4) is 0 Å². The molecule has 0 unspecified atom stereocenters. The Bertz CT molecular complexity index is 1120. The number of rotatable bonds is 4. The summed E-state index contributed by atoms with van der Waals surface area (Å²) in [5.41, 5.74) is 7.57. The second-order valence-corrected chi connectivity index (χ2v) is 9.11. The first-order valence-corrected chi connectivity index (χ1v) is 10.7. The summed E-state index contributed by atoms with van der Waals surface area (Å²) in [6.45, 7) is 2.18. The minimum atomic E-state index is -0.529. The molecule has 0 saturated heterocycles. The first-order chi connectivity index (χ1) is 13.8. The van der Waals surface area contributed by atoms with Gasteiger partial charge in [0.1, 0.15) is 10.8 Å². The van der Waals surface area contributed by atoms with Crippen molar-refractivity contribution < 1.29 is 14.0 Å². The van der Waals surface area contributed by atoms with E-state index in [0.717, 1.165) is 29.7 Å². The van der Waals surface area contributed by atoms with Crippen LogP contribution in [-0.4, -0.2) is 11.8 Å². The van der Waals surface area contributed by atoms with Crippen molar-refractivity contribution in [2.75, 3.05) is 5.32 Å². The van der Waals surface area contributed by atoms with Gasteiger partial charge >= 0.3 is 0 Å². The first kappa shape index (κ1) is 20.0. The molecule has 0 aliphatic heterocycles. The van der Waals surface area contributed by atoms with Crippen molar-refractivity contribution in [3.63, 3.8) is 0 Å². The van der Waals surface area contributed by atoms with E-state index in [4.69, 9.17) is 33.4 Å². The van der Waals surface area contributed by atoms with Crippen molar-refractivity contribution in [1.29, 1.82) is 0 Å². The summed E-state index contributed by atoms with van der Waals surface area (Å²) in [6, 6.07) is 8.22. The average molecular weight is 449 g/mol. The first-order valence-electron chi connectivity index (χ1n) is 9.14. The third kappa shape index (κ3) is 3.92. The topological polar surface area (TPSA) is 85.3 Å². The lowest BCUT2D eigenvalue weighted by Crippen LogP contribution is -2.19. The molecular weight excluding hydrogens is 431 g/mol. The molecule has 0 bridgehead atoms. The highest BCUT2D eigenvalue weighted by molar-refractivity contribution is 7.17. The van der Waals surface area contributed by atoms with E-state index in [-0.39, 0.29) is 5.76 Å². The molecule has 1 aromatic carbocycles. The number of thiophene rings is 1. The smallest absolute Gasteiger partial charge is 0.292 e. The number of furan rings is 1. The highest BCUT2D eigenvalue weighted by Gasteiger charge is 2.28. The van der Waals surface area contributed by atoms with E-state index in [9.17, 15) is 9.59 Å². The highest BCUT2D eigenvalue weighted by Crippen LogP contribution is 2.40. The number of nitrogens with two attached hydrogens (primary N) is 1. The van der Waals surface area contributed by atoms with Crippen molar-refractivity contribution >= 4 is 51.4 Å². The lowest BCUT2D eigenvalue weighted by Gasteiger charge is -2.18. The van der Waals surface area contributed by atoms with Crippen LogP contribution in [0.25, 0.3) is 11.3 Å². The fourth-order valence-corrected chi connectivity index (χ4v) is 5.35. The van der Waals surface area contributed by atoms with Crippen LogP contribution in [-0.2, 0) is 12.8 Å². The number of amides is 2. The lowest BCUT2D eigenvalue weighted by atomic mass is 9.88. The largest absolute Gasteiger partial charge is 0.451 e. The van der Waals surface area contributed by atoms with Gasteiger partial charge in [0.2, 0.25) is 0 Å². The number of anilines is 1. The normalized spacial score (nSPS) is 15.8.